The van der Waals surface area contributed by atoms with Crippen molar-refractivity contribution in [2.75, 3.05) is 17.2 Å². The molecule has 6 nitrogen and oxygen atoms in total. The van der Waals surface area contributed by atoms with E-state index in [9.17, 15) is 13.2 Å². The molecule has 2 aromatic carbocycles. The van der Waals surface area contributed by atoms with Gasteiger partial charge in [0.25, 0.3) is 0 Å². The fourth-order valence-electron chi connectivity index (χ4n) is 3.07. The lowest BCUT2D eigenvalue weighted by atomic mass is 10.1. The van der Waals surface area contributed by atoms with E-state index in [0.29, 0.717) is 12.1 Å². The van der Waals surface area contributed by atoms with Gasteiger partial charge >= 0.3 is 0 Å². The summed E-state index contributed by atoms with van der Waals surface area (Å²) < 4.78 is 31.9. The van der Waals surface area contributed by atoms with Crippen LogP contribution in [0.3, 0.4) is 0 Å². The largest absolute Gasteiger partial charge is 0.491 e. The third-order valence-corrected chi connectivity index (χ3v) is 5.77. The number of amides is 1. The molecule has 1 N–H and O–H groups in total. The van der Waals surface area contributed by atoms with Crippen molar-refractivity contribution in [3.8, 4) is 5.75 Å². The second-order valence-electron chi connectivity index (χ2n) is 7.30. The Balaban J connectivity index is 2.12. The molecule has 29 heavy (non-hydrogen) atoms. The van der Waals surface area contributed by atoms with E-state index in [1.807, 2.05) is 57.2 Å². The number of aryl methyl sites for hydroxylation is 2. The Labute approximate surface area is 173 Å². The lowest BCUT2D eigenvalue weighted by Gasteiger charge is -2.31. The summed E-state index contributed by atoms with van der Waals surface area (Å²) in [5.41, 5.74) is 2.51. The van der Waals surface area contributed by atoms with Gasteiger partial charge in [-0.05, 0) is 51.0 Å². The van der Waals surface area contributed by atoms with E-state index in [2.05, 4.69) is 5.32 Å². The van der Waals surface area contributed by atoms with E-state index in [4.69, 9.17) is 4.74 Å². The van der Waals surface area contributed by atoms with Crippen LogP contribution in [-0.2, 0) is 14.8 Å². The second-order valence-corrected chi connectivity index (χ2v) is 9.16. The predicted molar refractivity (Wildman–Crippen MR) is 117 cm³/mol. The molecule has 0 heterocycles. The number of sulfonamides is 1. The van der Waals surface area contributed by atoms with E-state index < -0.39 is 16.1 Å². The zero-order chi connectivity index (χ0) is 21.6. The summed E-state index contributed by atoms with van der Waals surface area (Å²) in [6.07, 6.45) is 1.46. The van der Waals surface area contributed by atoms with Crippen LogP contribution in [0.2, 0.25) is 0 Å². The number of rotatable bonds is 9. The van der Waals surface area contributed by atoms with Gasteiger partial charge in [-0.3, -0.25) is 9.10 Å². The smallest absolute Gasteiger partial charge is 0.244 e. The molecule has 0 saturated carbocycles. The van der Waals surface area contributed by atoms with E-state index in [1.165, 1.54) is 4.31 Å². The van der Waals surface area contributed by atoms with Crippen molar-refractivity contribution in [3.63, 3.8) is 0 Å². The lowest BCUT2D eigenvalue weighted by molar-refractivity contribution is -0.123. The third kappa shape index (κ3) is 6.22. The van der Waals surface area contributed by atoms with Crippen molar-refractivity contribution in [1.82, 2.24) is 5.32 Å². The fraction of sp³-hybridized carbons (Fsp3) is 0.409. The topological polar surface area (TPSA) is 75.7 Å². The van der Waals surface area contributed by atoms with Crippen LogP contribution in [0, 0.1) is 13.8 Å². The van der Waals surface area contributed by atoms with E-state index in [0.717, 1.165) is 23.1 Å². The highest BCUT2D eigenvalue weighted by Crippen LogP contribution is 2.23. The van der Waals surface area contributed by atoms with Crippen molar-refractivity contribution in [2.45, 2.75) is 46.2 Å². The van der Waals surface area contributed by atoms with Crippen LogP contribution >= 0.6 is 0 Å². The Morgan fingerprint density at radius 3 is 2.28 bits per heavy atom. The first-order valence-electron chi connectivity index (χ1n) is 9.68. The molecule has 0 aromatic heterocycles. The predicted octanol–water partition coefficient (Wildman–Crippen LogP) is 3.43. The minimum absolute atomic E-state index is 0.282. The molecule has 0 spiro atoms. The first-order valence-corrected chi connectivity index (χ1v) is 11.5. The number of carbonyl (C=O) groups excluding carboxylic acids is 1. The minimum atomic E-state index is -3.64. The van der Waals surface area contributed by atoms with Crippen LogP contribution in [0.15, 0.2) is 48.5 Å². The Kier molecular flexibility index (Phi) is 7.67. The molecule has 0 bridgehead atoms. The quantitative estimate of drug-likeness (QED) is 0.677. The molecule has 0 saturated heterocycles. The standard InChI is InChI=1S/C22H30N2O4S/c1-6-20(24(29(5,26)27)19-13-11-16(2)12-14-19)22(25)23-18(4)15-28-21-10-8-7-9-17(21)3/h7-14,18,20H,6,15H2,1-5H3,(H,23,25)/t18-,20+/m1/s1. The highest BCUT2D eigenvalue weighted by Gasteiger charge is 2.32. The SMILES string of the molecule is CC[C@@H](C(=O)N[C@H](C)COc1ccccc1C)N(c1ccc(C)cc1)S(C)(=O)=O. The summed E-state index contributed by atoms with van der Waals surface area (Å²) in [6.45, 7) is 7.80. The molecule has 2 atom stereocenters. The zero-order valence-electron chi connectivity index (χ0n) is 17.7. The van der Waals surface area contributed by atoms with E-state index >= 15 is 0 Å². The number of benzene rings is 2. The number of anilines is 1. The average Bonchev–Trinajstić information content (AvgIpc) is 2.65. The normalized spacial score (nSPS) is 13.4. The van der Waals surface area contributed by atoms with Crippen LogP contribution < -0.4 is 14.4 Å². The summed E-state index contributed by atoms with van der Waals surface area (Å²) in [7, 11) is -3.64. The molecule has 7 heteroatoms. The van der Waals surface area contributed by atoms with E-state index in [1.54, 1.807) is 19.1 Å². The summed E-state index contributed by atoms with van der Waals surface area (Å²) in [6, 6.07) is 13.6. The maximum absolute atomic E-state index is 12.9. The summed E-state index contributed by atoms with van der Waals surface area (Å²) >= 11 is 0. The molecule has 0 aliphatic carbocycles. The van der Waals surface area contributed by atoms with Crippen LogP contribution in [-0.4, -0.2) is 39.3 Å². The average molecular weight is 419 g/mol. The number of nitrogens with one attached hydrogen (secondary N) is 1. The van der Waals surface area contributed by atoms with Gasteiger partial charge in [0.05, 0.1) is 18.0 Å². The lowest BCUT2D eigenvalue weighted by Crippen LogP contribution is -2.52. The number of hydrogen-bond acceptors (Lipinski definition) is 4. The molecule has 1 amide bonds. The fourth-order valence-corrected chi connectivity index (χ4v) is 4.28. The van der Waals surface area contributed by atoms with Gasteiger partial charge in [-0.15, -0.1) is 0 Å². The van der Waals surface area contributed by atoms with Gasteiger partial charge in [-0.2, -0.15) is 0 Å². The van der Waals surface area contributed by atoms with Crippen LogP contribution in [0.1, 0.15) is 31.4 Å². The molecule has 0 aliphatic heterocycles. The van der Waals surface area contributed by atoms with Crippen LogP contribution in [0.5, 0.6) is 5.75 Å². The van der Waals surface area contributed by atoms with Crippen LogP contribution in [0.4, 0.5) is 5.69 Å². The maximum atomic E-state index is 12.9. The number of hydrogen-bond donors (Lipinski definition) is 1. The Morgan fingerprint density at radius 1 is 1.10 bits per heavy atom. The van der Waals surface area contributed by atoms with Crippen molar-refractivity contribution >= 4 is 21.6 Å². The van der Waals surface area contributed by atoms with Gasteiger partial charge in [-0.25, -0.2) is 8.42 Å². The van der Waals surface area contributed by atoms with Crippen molar-refractivity contribution in [1.29, 1.82) is 0 Å². The summed E-state index contributed by atoms with van der Waals surface area (Å²) in [4.78, 5) is 12.9. The van der Waals surface area contributed by atoms with Crippen molar-refractivity contribution in [2.24, 2.45) is 0 Å². The molecular formula is C22H30N2O4S. The highest BCUT2D eigenvalue weighted by atomic mass is 32.2. The Hall–Kier alpha value is -2.54. The van der Waals surface area contributed by atoms with Gasteiger partial charge in [0.2, 0.25) is 15.9 Å². The second kappa shape index (κ2) is 9.78. The molecule has 2 rings (SSSR count). The molecule has 0 fully saturated rings. The number of nitrogens with zero attached hydrogens (tertiary/aromatic N) is 1. The Morgan fingerprint density at radius 2 is 1.72 bits per heavy atom. The molecule has 0 aliphatic rings. The van der Waals surface area contributed by atoms with Gasteiger partial charge in [0, 0.05) is 0 Å². The van der Waals surface area contributed by atoms with Gasteiger partial charge < -0.3 is 10.1 Å². The molecular weight excluding hydrogens is 388 g/mol. The van der Waals surface area contributed by atoms with Gasteiger partial charge in [0.15, 0.2) is 0 Å². The number of carbonyl (C=O) groups is 1. The van der Waals surface area contributed by atoms with E-state index in [-0.39, 0.29) is 18.6 Å². The van der Waals surface area contributed by atoms with Crippen molar-refractivity contribution < 1.29 is 17.9 Å². The first kappa shape index (κ1) is 22.7. The maximum Gasteiger partial charge on any atom is 0.244 e. The molecule has 0 radical (unpaired) electrons. The molecule has 2 aromatic rings. The van der Waals surface area contributed by atoms with Gasteiger partial charge in [-0.1, -0.05) is 42.8 Å². The Bertz CT molecular complexity index is 926. The first-order chi connectivity index (χ1) is 13.6. The highest BCUT2D eigenvalue weighted by molar-refractivity contribution is 7.92. The zero-order valence-corrected chi connectivity index (χ0v) is 18.5. The molecule has 0 unspecified atom stereocenters. The number of ether oxygens (including phenoxy) is 1. The summed E-state index contributed by atoms with van der Waals surface area (Å²) in [5, 5.41) is 2.88. The van der Waals surface area contributed by atoms with Crippen molar-refractivity contribution in [3.05, 3.63) is 59.7 Å². The molecule has 158 valence electrons. The minimum Gasteiger partial charge on any atom is -0.491 e. The van der Waals surface area contributed by atoms with Crippen LogP contribution in [0.25, 0.3) is 0 Å². The number of para-hydroxylation sites is 1. The van der Waals surface area contributed by atoms with Gasteiger partial charge in [0.1, 0.15) is 18.4 Å². The summed E-state index contributed by atoms with van der Waals surface area (Å²) in [5.74, 6) is 0.414. The third-order valence-electron chi connectivity index (χ3n) is 4.59. The monoisotopic (exact) mass is 418 g/mol.